The van der Waals surface area contributed by atoms with E-state index >= 15 is 0 Å². The number of piperidine rings is 1. The Bertz CT molecular complexity index is 389. The third-order valence-corrected chi connectivity index (χ3v) is 4.80. The van der Waals surface area contributed by atoms with Crippen molar-refractivity contribution in [3.05, 3.63) is 16.1 Å². The summed E-state index contributed by atoms with van der Waals surface area (Å²) in [6.07, 6.45) is 2.73. The number of hydrogen-bond donors (Lipinski definition) is 1. The van der Waals surface area contributed by atoms with Crippen LogP contribution in [0.25, 0.3) is 0 Å². The third kappa shape index (κ3) is 2.74. The van der Waals surface area contributed by atoms with Gasteiger partial charge in [0.25, 0.3) is 0 Å². The number of nitrogens with zero attached hydrogens (tertiary/aromatic N) is 2. The molecule has 2 aliphatic rings. The Labute approximate surface area is 112 Å². The van der Waals surface area contributed by atoms with Crippen LogP contribution in [0.4, 0.5) is 0 Å². The van der Waals surface area contributed by atoms with Crippen molar-refractivity contribution in [2.75, 3.05) is 39.8 Å². The number of morpholine rings is 1. The molecule has 1 aromatic heterocycles. The second kappa shape index (κ2) is 5.65. The smallest absolute Gasteiger partial charge is 0.113 e. The van der Waals surface area contributed by atoms with Crippen molar-refractivity contribution < 1.29 is 4.74 Å². The minimum Gasteiger partial charge on any atom is -0.369 e. The molecule has 4 nitrogen and oxygen atoms in total. The van der Waals surface area contributed by atoms with E-state index in [1.165, 1.54) is 24.4 Å². The molecular formula is C13H21N3OS. The Morgan fingerprint density at radius 3 is 3.28 bits per heavy atom. The van der Waals surface area contributed by atoms with Crippen LogP contribution in [0, 0.1) is 0 Å². The first kappa shape index (κ1) is 12.5. The third-order valence-electron chi connectivity index (χ3n) is 3.77. The molecule has 3 rings (SSSR count). The lowest BCUT2D eigenvalue weighted by Gasteiger charge is -2.28. The van der Waals surface area contributed by atoms with Crippen molar-refractivity contribution in [2.45, 2.75) is 24.9 Å². The van der Waals surface area contributed by atoms with Crippen molar-refractivity contribution in [3.63, 3.8) is 0 Å². The zero-order chi connectivity index (χ0) is 12.4. The number of likely N-dealkylation sites (tertiary alicyclic amines) is 1. The molecule has 5 heteroatoms. The molecule has 2 atom stereocenters. The Hall–Kier alpha value is -0.490. The average Bonchev–Trinajstić information content (AvgIpc) is 2.89. The van der Waals surface area contributed by atoms with Crippen molar-refractivity contribution in [3.8, 4) is 0 Å². The van der Waals surface area contributed by atoms with Crippen LogP contribution in [0.15, 0.2) is 5.38 Å². The summed E-state index contributed by atoms with van der Waals surface area (Å²) < 4.78 is 5.76. The molecular weight excluding hydrogens is 246 g/mol. The molecule has 0 amide bonds. The molecule has 0 bridgehead atoms. The number of ether oxygens (including phenoxy) is 1. The van der Waals surface area contributed by atoms with Gasteiger partial charge in [0.2, 0.25) is 0 Å². The topological polar surface area (TPSA) is 37.4 Å². The van der Waals surface area contributed by atoms with Crippen LogP contribution in [-0.4, -0.2) is 49.7 Å². The Morgan fingerprint density at radius 2 is 2.50 bits per heavy atom. The van der Waals surface area contributed by atoms with Gasteiger partial charge in [-0.25, -0.2) is 4.98 Å². The molecule has 0 radical (unpaired) electrons. The summed E-state index contributed by atoms with van der Waals surface area (Å²) >= 11 is 1.81. The summed E-state index contributed by atoms with van der Waals surface area (Å²) in [4.78, 5) is 7.23. The van der Waals surface area contributed by atoms with Crippen LogP contribution < -0.4 is 5.32 Å². The van der Waals surface area contributed by atoms with Gasteiger partial charge in [-0.2, -0.15) is 0 Å². The van der Waals surface area contributed by atoms with Gasteiger partial charge in [0.15, 0.2) is 0 Å². The SMILES string of the molecule is CN1CCCC(c2nc(C3CNCCO3)cs2)C1. The molecule has 0 aliphatic carbocycles. The minimum atomic E-state index is 0.157. The molecule has 2 aliphatic heterocycles. The molecule has 2 saturated heterocycles. The van der Waals surface area contributed by atoms with E-state index < -0.39 is 0 Å². The highest BCUT2D eigenvalue weighted by molar-refractivity contribution is 7.09. The standard InChI is InChI=1S/C13H21N3OS/c1-16-5-2-3-10(8-16)13-15-11(9-18-13)12-7-14-4-6-17-12/h9-10,12,14H,2-8H2,1H3. The summed E-state index contributed by atoms with van der Waals surface area (Å²) in [6.45, 7) is 5.03. The number of hydrogen-bond acceptors (Lipinski definition) is 5. The van der Waals surface area contributed by atoms with Crippen molar-refractivity contribution in [1.82, 2.24) is 15.2 Å². The lowest BCUT2D eigenvalue weighted by atomic mass is 9.99. The van der Waals surface area contributed by atoms with E-state index in [0.29, 0.717) is 5.92 Å². The number of thiazole rings is 1. The number of rotatable bonds is 2. The van der Waals surface area contributed by atoms with Crippen LogP contribution >= 0.6 is 11.3 Å². The van der Waals surface area contributed by atoms with Crippen molar-refractivity contribution in [2.24, 2.45) is 0 Å². The number of nitrogens with one attached hydrogen (secondary N) is 1. The van der Waals surface area contributed by atoms with Crippen molar-refractivity contribution >= 4 is 11.3 Å². The highest BCUT2D eigenvalue weighted by Crippen LogP contribution is 2.30. The quantitative estimate of drug-likeness (QED) is 0.883. The predicted molar refractivity (Wildman–Crippen MR) is 73.1 cm³/mol. The first-order valence-corrected chi connectivity index (χ1v) is 7.67. The van der Waals surface area contributed by atoms with Crippen LogP contribution in [0.3, 0.4) is 0 Å². The van der Waals surface area contributed by atoms with Crippen LogP contribution in [0.1, 0.15) is 35.6 Å². The number of aromatic nitrogens is 1. The number of likely N-dealkylation sites (N-methyl/N-ethyl adjacent to an activating group) is 1. The second-order valence-electron chi connectivity index (χ2n) is 5.28. The van der Waals surface area contributed by atoms with Gasteiger partial charge in [-0.3, -0.25) is 0 Å². The summed E-state index contributed by atoms with van der Waals surface area (Å²) in [5.74, 6) is 0.624. The van der Waals surface area contributed by atoms with E-state index in [-0.39, 0.29) is 6.10 Å². The van der Waals surface area contributed by atoms with E-state index in [9.17, 15) is 0 Å². The molecule has 100 valence electrons. The second-order valence-corrected chi connectivity index (χ2v) is 6.17. The van der Waals surface area contributed by atoms with Gasteiger partial charge in [-0.15, -0.1) is 11.3 Å². The minimum absolute atomic E-state index is 0.157. The highest BCUT2D eigenvalue weighted by atomic mass is 32.1. The zero-order valence-electron chi connectivity index (χ0n) is 10.9. The lowest BCUT2D eigenvalue weighted by Crippen LogP contribution is -2.33. The molecule has 2 unspecified atom stereocenters. The molecule has 3 heterocycles. The van der Waals surface area contributed by atoms with Crippen molar-refractivity contribution in [1.29, 1.82) is 0 Å². The molecule has 18 heavy (non-hydrogen) atoms. The zero-order valence-corrected chi connectivity index (χ0v) is 11.7. The van der Waals surface area contributed by atoms with E-state index in [1.807, 2.05) is 0 Å². The first-order chi connectivity index (χ1) is 8.83. The van der Waals surface area contributed by atoms with Gasteiger partial charge in [0, 0.05) is 30.9 Å². The van der Waals surface area contributed by atoms with Gasteiger partial charge >= 0.3 is 0 Å². The van der Waals surface area contributed by atoms with Crippen LogP contribution in [0.5, 0.6) is 0 Å². The molecule has 1 N–H and O–H groups in total. The highest BCUT2D eigenvalue weighted by Gasteiger charge is 2.24. The normalized spacial score (nSPS) is 30.5. The molecule has 0 spiro atoms. The fourth-order valence-corrected chi connectivity index (χ4v) is 3.75. The van der Waals surface area contributed by atoms with Crippen LogP contribution in [0.2, 0.25) is 0 Å². The van der Waals surface area contributed by atoms with E-state index in [2.05, 4.69) is 22.6 Å². The maximum atomic E-state index is 5.76. The Balaban J connectivity index is 1.68. The maximum absolute atomic E-state index is 5.76. The lowest BCUT2D eigenvalue weighted by molar-refractivity contribution is 0.0252. The Morgan fingerprint density at radius 1 is 1.56 bits per heavy atom. The summed E-state index contributed by atoms with van der Waals surface area (Å²) in [5.41, 5.74) is 1.12. The van der Waals surface area contributed by atoms with Gasteiger partial charge in [-0.1, -0.05) is 0 Å². The fourth-order valence-electron chi connectivity index (χ4n) is 2.76. The van der Waals surface area contributed by atoms with Gasteiger partial charge < -0.3 is 15.0 Å². The molecule has 2 fully saturated rings. The van der Waals surface area contributed by atoms with Gasteiger partial charge in [0.1, 0.15) is 6.10 Å². The summed E-state index contributed by atoms with van der Waals surface area (Å²) in [6, 6.07) is 0. The first-order valence-electron chi connectivity index (χ1n) is 6.79. The predicted octanol–water partition coefficient (Wildman–Crippen LogP) is 1.61. The summed E-state index contributed by atoms with van der Waals surface area (Å²) in [7, 11) is 2.20. The Kier molecular flexibility index (Phi) is 3.94. The molecule has 1 aromatic rings. The van der Waals surface area contributed by atoms with Gasteiger partial charge in [-0.05, 0) is 26.4 Å². The van der Waals surface area contributed by atoms with Gasteiger partial charge in [0.05, 0.1) is 17.3 Å². The maximum Gasteiger partial charge on any atom is 0.113 e. The summed E-state index contributed by atoms with van der Waals surface area (Å²) in [5, 5.41) is 6.84. The average molecular weight is 267 g/mol. The van der Waals surface area contributed by atoms with E-state index in [1.54, 1.807) is 11.3 Å². The molecule has 0 aromatic carbocycles. The van der Waals surface area contributed by atoms with E-state index in [0.717, 1.165) is 31.9 Å². The fraction of sp³-hybridized carbons (Fsp3) is 0.769. The molecule has 0 saturated carbocycles. The van der Waals surface area contributed by atoms with Crippen LogP contribution in [-0.2, 0) is 4.74 Å². The van der Waals surface area contributed by atoms with E-state index in [4.69, 9.17) is 9.72 Å². The largest absolute Gasteiger partial charge is 0.369 e. The monoisotopic (exact) mass is 267 g/mol.